The standard InChI is InChI=1S/C15H22FN/c1-2-17-15(12-7-4-3-5-8-12)13-9-6-10-14(16)11-13/h6,9-12,15,17H,2-5,7-8H2,1H3. The molecule has 2 rings (SSSR count). The zero-order chi connectivity index (χ0) is 12.1. The zero-order valence-electron chi connectivity index (χ0n) is 10.6. The van der Waals surface area contributed by atoms with Crippen LogP contribution in [0.3, 0.4) is 0 Å². The van der Waals surface area contributed by atoms with E-state index in [-0.39, 0.29) is 5.82 Å². The topological polar surface area (TPSA) is 12.0 Å². The molecule has 1 unspecified atom stereocenters. The second-order valence-electron chi connectivity index (χ2n) is 4.99. The number of benzene rings is 1. The molecule has 94 valence electrons. The molecular formula is C15H22FN. The van der Waals surface area contributed by atoms with Crippen molar-refractivity contribution < 1.29 is 4.39 Å². The van der Waals surface area contributed by atoms with Gasteiger partial charge in [0.2, 0.25) is 0 Å². The van der Waals surface area contributed by atoms with Gasteiger partial charge in [0.15, 0.2) is 0 Å². The molecule has 1 atom stereocenters. The van der Waals surface area contributed by atoms with Crippen LogP contribution in [0.1, 0.15) is 50.6 Å². The van der Waals surface area contributed by atoms with Gasteiger partial charge >= 0.3 is 0 Å². The van der Waals surface area contributed by atoms with Gasteiger partial charge in [-0.05, 0) is 43.0 Å². The molecule has 1 aromatic carbocycles. The minimum atomic E-state index is -0.124. The molecule has 1 aliphatic rings. The van der Waals surface area contributed by atoms with Gasteiger partial charge < -0.3 is 5.32 Å². The SMILES string of the molecule is CCNC(c1cccc(F)c1)C1CCCCC1. The summed E-state index contributed by atoms with van der Waals surface area (Å²) < 4.78 is 13.3. The number of rotatable bonds is 4. The summed E-state index contributed by atoms with van der Waals surface area (Å²) in [5.41, 5.74) is 1.11. The highest BCUT2D eigenvalue weighted by molar-refractivity contribution is 5.21. The predicted octanol–water partition coefficient (Wildman–Crippen LogP) is 4.06. The van der Waals surface area contributed by atoms with Gasteiger partial charge in [-0.1, -0.05) is 38.3 Å². The van der Waals surface area contributed by atoms with E-state index in [1.807, 2.05) is 12.1 Å². The average molecular weight is 235 g/mol. The van der Waals surface area contributed by atoms with Crippen molar-refractivity contribution in [3.63, 3.8) is 0 Å². The van der Waals surface area contributed by atoms with Gasteiger partial charge in [-0.3, -0.25) is 0 Å². The van der Waals surface area contributed by atoms with Crippen LogP contribution < -0.4 is 5.32 Å². The number of hydrogen-bond acceptors (Lipinski definition) is 1. The molecule has 1 aromatic rings. The van der Waals surface area contributed by atoms with Crippen molar-refractivity contribution >= 4 is 0 Å². The normalized spacial score (nSPS) is 19.2. The first-order chi connectivity index (χ1) is 8.31. The van der Waals surface area contributed by atoms with Crippen molar-refractivity contribution in [3.05, 3.63) is 35.6 Å². The molecule has 0 saturated heterocycles. The molecule has 0 heterocycles. The molecule has 0 radical (unpaired) electrons. The Hall–Kier alpha value is -0.890. The zero-order valence-corrected chi connectivity index (χ0v) is 10.6. The van der Waals surface area contributed by atoms with E-state index in [0.29, 0.717) is 12.0 Å². The summed E-state index contributed by atoms with van der Waals surface area (Å²) >= 11 is 0. The van der Waals surface area contributed by atoms with Crippen LogP contribution in [-0.2, 0) is 0 Å². The van der Waals surface area contributed by atoms with Gasteiger partial charge in [0, 0.05) is 6.04 Å². The Labute approximate surface area is 103 Å². The van der Waals surface area contributed by atoms with E-state index in [2.05, 4.69) is 12.2 Å². The highest BCUT2D eigenvalue weighted by atomic mass is 19.1. The van der Waals surface area contributed by atoms with Crippen LogP contribution in [0.2, 0.25) is 0 Å². The quantitative estimate of drug-likeness (QED) is 0.830. The summed E-state index contributed by atoms with van der Waals surface area (Å²) in [6.45, 7) is 3.06. The smallest absolute Gasteiger partial charge is 0.123 e. The molecule has 0 aliphatic heterocycles. The first-order valence-corrected chi connectivity index (χ1v) is 6.80. The molecule has 1 nitrogen and oxygen atoms in total. The molecule has 0 aromatic heterocycles. The lowest BCUT2D eigenvalue weighted by atomic mass is 9.81. The van der Waals surface area contributed by atoms with Gasteiger partial charge in [0.1, 0.15) is 5.82 Å². The van der Waals surface area contributed by atoms with Crippen LogP contribution in [0, 0.1) is 11.7 Å². The maximum Gasteiger partial charge on any atom is 0.123 e. The van der Waals surface area contributed by atoms with Crippen LogP contribution in [0.15, 0.2) is 24.3 Å². The fraction of sp³-hybridized carbons (Fsp3) is 0.600. The lowest BCUT2D eigenvalue weighted by molar-refractivity contribution is 0.274. The Morgan fingerprint density at radius 1 is 1.29 bits per heavy atom. The lowest BCUT2D eigenvalue weighted by Crippen LogP contribution is -2.29. The second-order valence-corrected chi connectivity index (χ2v) is 4.99. The Balaban J connectivity index is 2.15. The Morgan fingerprint density at radius 2 is 2.06 bits per heavy atom. The molecule has 17 heavy (non-hydrogen) atoms. The summed E-state index contributed by atoms with van der Waals surface area (Å²) in [5.74, 6) is 0.548. The van der Waals surface area contributed by atoms with Crippen molar-refractivity contribution in [2.45, 2.75) is 45.1 Å². The largest absolute Gasteiger partial charge is 0.310 e. The summed E-state index contributed by atoms with van der Waals surface area (Å²) in [6.07, 6.45) is 6.55. The number of nitrogens with one attached hydrogen (secondary N) is 1. The van der Waals surface area contributed by atoms with Crippen LogP contribution in [0.25, 0.3) is 0 Å². The van der Waals surface area contributed by atoms with E-state index in [4.69, 9.17) is 0 Å². The monoisotopic (exact) mass is 235 g/mol. The maximum absolute atomic E-state index is 13.3. The molecule has 1 N–H and O–H groups in total. The number of halogens is 1. The molecule has 0 spiro atoms. The minimum absolute atomic E-state index is 0.124. The van der Waals surface area contributed by atoms with E-state index >= 15 is 0 Å². The summed E-state index contributed by atoms with van der Waals surface area (Å²) in [5, 5.41) is 3.53. The molecule has 1 fully saturated rings. The van der Waals surface area contributed by atoms with Crippen LogP contribution >= 0.6 is 0 Å². The fourth-order valence-electron chi connectivity index (χ4n) is 2.94. The molecule has 0 bridgehead atoms. The summed E-state index contributed by atoms with van der Waals surface area (Å²) in [6, 6.07) is 7.40. The molecule has 2 heteroatoms. The lowest BCUT2D eigenvalue weighted by Gasteiger charge is -2.31. The van der Waals surface area contributed by atoms with Crippen molar-refractivity contribution in [1.82, 2.24) is 5.32 Å². The first-order valence-electron chi connectivity index (χ1n) is 6.80. The minimum Gasteiger partial charge on any atom is -0.310 e. The van der Waals surface area contributed by atoms with Gasteiger partial charge in [-0.25, -0.2) is 4.39 Å². The average Bonchev–Trinajstić information content (AvgIpc) is 2.37. The summed E-state index contributed by atoms with van der Waals surface area (Å²) in [7, 11) is 0. The Morgan fingerprint density at radius 3 is 2.71 bits per heavy atom. The third-order valence-corrected chi connectivity index (χ3v) is 3.75. The van der Waals surface area contributed by atoms with Crippen LogP contribution in [-0.4, -0.2) is 6.54 Å². The predicted molar refractivity (Wildman–Crippen MR) is 69.4 cm³/mol. The molecule has 1 saturated carbocycles. The Kier molecular flexibility index (Phi) is 4.55. The third-order valence-electron chi connectivity index (χ3n) is 3.75. The van der Waals surface area contributed by atoms with Gasteiger partial charge in [0.05, 0.1) is 0 Å². The third kappa shape index (κ3) is 3.29. The summed E-state index contributed by atoms with van der Waals surface area (Å²) in [4.78, 5) is 0. The Bertz CT molecular complexity index is 345. The van der Waals surface area contributed by atoms with Crippen molar-refractivity contribution in [3.8, 4) is 0 Å². The van der Waals surface area contributed by atoms with Crippen molar-refractivity contribution in [2.75, 3.05) is 6.54 Å². The number of hydrogen-bond donors (Lipinski definition) is 1. The first kappa shape index (κ1) is 12.6. The molecule has 0 amide bonds. The van der Waals surface area contributed by atoms with Crippen LogP contribution in [0.4, 0.5) is 4.39 Å². The molecular weight excluding hydrogens is 213 g/mol. The van der Waals surface area contributed by atoms with Crippen LogP contribution in [0.5, 0.6) is 0 Å². The van der Waals surface area contributed by atoms with Gasteiger partial charge in [0.25, 0.3) is 0 Å². The fourth-order valence-corrected chi connectivity index (χ4v) is 2.94. The second kappa shape index (κ2) is 6.15. The maximum atomic E-state index is 13.3. The van der Waals surface area contributed by atoms with E-state index in [0.717, 1.165) is 12.1 Å². The molecule has 1 aliphatic carbocycles. The highest BCUT2D eigenvalue weighted by Crippen LogP contribution is 2.34. The van der Waals surface area contributed by atoms with Crippen molar-refractivity contribution in [1.29, 1.82) is 0 Å². The van der Waals surface area contributed by atoms with Gasteiger partial charge in [-0.15, -0.1) is 0 Å². The van der Waals surface area contributed by atoms with E-state index in [9.17, 15) is 4.39 Å². The van der Waals surface area contributed by atoms with E-state index in [1.165, 1.54) is 38.2 Å². The van der Waals surface area contributed by atoms with Gasteiger partial charge in [-0.2, -0.15) is 0 Å². The van der Waals surface area contributed by atoms with E-state index in [1.54, 1.807) is 6.07 Å². The van der Waals surface area contributed by atoms with E-state index < -0.39 is 0 Å². The van der Waals surface area contributed by atoms with Crippen molar-refractivity contribution in [2.24, 2.45) is 5.92 Å². The highest BCUT2D eigenvalue weighted by Gasteiger charge is 2.24.